The molecule has 0 aliphatic heterocycles. The highest BCUT2D eigenvalue weighted by atomic mass is 19.4. The largest absolute Gasteiger partial charge is 0.493 e. The van der Waals surface area contributed by atoms with Gasteiger partial charge in [0.15, 0.2) is 0 Å². The van der Waals surface area contributed by atoms with Crippen LogP contribution in [0, 0.1) is 6.92 Å². The number of hydrogen-bond donors (Lipinski definition) is 1. The Morgan fingerprint density at radius 1 is 1.22 bits per heavy atom. The van der Waals surface area contributed by atoms with E-state index in [0.29, 0.717) is 24.5 Å². The zero-order valence-electron chi connectivity index (χ0n) is 10.1. The molecule has 0 aromatic heterocycles. The number of halogens is 3. The molecule has 0 saturated heterocycles. The van der Waals surface area contributed by atoms with Crippen molar-refractivity contribution in [2.45, 2.75) is 19.5 Å². The first-order valence-electron chi connectivity index (χ1n) is 5.52. The van der Waals surface area contributed by atoms with Gasteiger partial charge in [-0.15, -0.1) is 0 Å². The van der Waals surface area contributed by atoms with Gasteiger partial charge in [0.1, 0.15) is 12.4 Å². The molecule has 0 radical (unpaired) electrons. The summed E-state index contributed by atoms with van der Waals surface area (Å²) in [7, 11) is 0. The zero-order valence-corrected chi connectivity index (χ0v) is 10.1. The first-order chi connectivity index (χ1) is 8.38. The number of nitrogens with two attached hydrogens (primary N) is 1. The molecule has 0 atom stereocenters. The van der Waals surface area contributed by atoms with Crippen LogP contribution in [0.2, 0.25) is 0 Å². The quantitative estimate of drug-likeness (QED) is 0.634. The first-order valence-corrected chi connectivity index (χ1v) is 5.52. The van der Waals surface area contributed by atoms with Gasteiger partial charge in [0.2, 0.25) is 0 Å². The zero-order chi connectivity index (χ0) is 13.6. The molecule has 0 fully saturated rings. The maximum atomic E-state index is 11.7. The standard InChI is InChI=1S/C12H16F3NO2/c1-9-3-4-10(7-11(9)16)18-6-2-5-17-8-12(13,14)15/h3-4,7H,2,5-6,8,16H2,1H3. The van der Waals surface area contributed by atoms with Crippen LogP contribution in [-0.2, 0) is 4.74 Å². The molecule has 0 amide bonds. The summed E-state index contributed by atoms with van der Waals surface area (Å²) in [6.45, 7) is 0.968. The van der Waals surface area contributed by atoms with E-state index in [1.165, 1.54) is 0 Å². The van der Waals surface area contributed by atoms with Crippen molar-refractivity contribution in [3.63, 3.8) is 0 Å². The molecule has 0 saturated carbocycles. The summed E-state index contributed by atoms with van der Waals surface area (Å²) in [6, 6.07) is 5.28. The molecule has 6 heteroatoms. The van der Waals surface area contributed by atoms with Crippen LogP contribution in [0.3, 0.4) is 0 Å². The second-order valence-corrected chi connectivity index (χ2v) is 3.89. The average molecular weight is 263 g/mol. The lowest BCUT2D eigenvalue weighted by Crippen LogP contribution is -2.18. The number of ether oxygens (including phenoxy) is 2. The Hall–Kier alpha value is -1.43. The predicted octanol–water partition coefficient (Wildman–Crippen LogP) is 2.93. The van der Waals surface area contributed by atoms with E-state index in [0.717, 1.165) is 5.56 Å². The summed E-state index contributed by atoms with van der Waals surface area (Å²) in [5.41, 5.74) is 7.27. The molecule has 1 rings (SSSR count). The minimum atomic E-state index is -4.27. The van der Waals surface area contributed by atoms with Crippen molar-refractivity contribution in [2.75, 3.05) is 25.6 Å². The Labute approximate surface area is 104 Å². The molecular formula is C12H16F3NO2. The molecule has 0 aliphatic carbocycles. The van der Waals surface area contributed by atoms with Gasteiger partial charge in [-0.25, -0.2) is 0 Å². The minimum absolute atomic E-state index is 0.0147. The van der Waals surface area contributed by atoms with Crippen molar-refractivity contribution in [3.8, 4) is 5.75 Å². The maximum absolute atomic E-state index is 11.7. The number of benzene rings is 1. The molecule has 0 aliphatic rings. The molecule has 0 heterocycles. The fourth-order valence-electron chi connectivity index (χ4n) is 1.25. The molecule has 0 bridgehead atoms. The molecule has 2 N–H and O–H groups in total. The lowest BCUT2D eigenvalue weighted by molar-refractivity contribution is -0.174. The highest BCUT2D eigenvalue weighted by molar-refractivity contribution is 5.50. The SMILES string of the molecule is Cc1ccc(OCCCOCC(F)(F)F)cc1N. The molecule has 1 aromatic rings. The van der Waals surface area contributed by atoms with E-state index >= 15 is 0 Å². The molecule has 102 valence electrons. The number of hydrogen-bond acceptors (Lipinski definition) is 3. The van der Waals surface area contributed by atoms with Gasteiger partial charge >= 0.3 is 6.18 Å². The molecule has 3 nitrogen and oxygen atoms in total. The number of nitrogen functional groups attached to an aromatic ring is 1. The second kappa shape index (κ2) is 6.49. The third-order valence-corrected chi connectivity index (χ3v) is 2.22. The Morgan fingerprint density at radius 2 is 1.94 bits per heavy atom. The van der Waals surface area contributed by atoms with Crippen LogP contribution in [0.15, 0.2) is 18.2 Å². The highest BCUT2D eigenvalue weighted by Crippen LogP contribution is 2.19. The third-order valence-electron chi connectivity index (χ3n) is 2.22. The van der Waals surface area contributed by atoms with E-state index in [-0.39, 0.29) is 6.61 Å². The van der Waals surface area contributed by atoms with Gasteiger partial charge in [-0.05, 0) is 18.6 Å². The van der Waals surface area contributed by atoms with Crippen LogP contribution in [0.25, 0.3) is 0 Å². The van der Waals surface area contributed by atoms with Crippen LogP contribution in [0.1, 0.15) is 12.0 Å². The maximum Gasteiger partial charge on any atom is 0.411 e. The van der Waals surface area contributed by atoms with Crippen LogP contribution >= 0.6 is 0 Å². The van der Waals surface area contributed by atoms with Gasteiger partial charge in [-0.2, -0.15) is 13.2 Å². The van der Waals surface area contributed by atoms with Crippen molar-refractivity contribution in [1.29, 1.82) is 0 Å². The Bertz CT molecular complexity index is 380. The smallest absolute Gasteiger partial charge is 0.411 e. The van der Waals surface area contributed by atoms with Gasteiger partial charge in [-0.1, -0.05) is 6.07 Å². The van der Waals surface area contributed by atoms with E-state index in [4.69, 9.17) is 10.5 Å². The number of aryl methyl sites for hydroxylation is 1. The van der Waals surface area contributed by atoms with Crippen molar-refractivity contribution < 1.29 is 22.6 Å². The summed E-state index contributed by atoms with van der Waals surface area (Å²) in [5.74, 6) is 0.605. The van der Waals surface area contributed by atoms with Crippen molar-refractivity contribution in [2.24, 2.45) is 0 Å². The summed E-state index contributed by atoms with van der Waals surface area (Å²) in [5, 5.41) is 0. The number of alkyl halides is 3. The molecule has 0 unspecified atom stereocenters. The summed E-state index contributed by atoms with van der Waals surface area (Å²) in [6.07, 6.45) is -3.88. The molecular weight excluding hydrogens is 247 g/mol. The Morgan fingerprint density at radius 3 is 2.56 bits per heavy atom. The van der Waals surface area contributed by atoms with Crippen molar-refractivity contribution >= 4 is 5.69 Å². The second-order valence-electron chi connectivity index (χ2n) is 3.89. The fraction of sp³-hybridized carbons (Fsp3) is 0.500. The average Bonchev–Trinajstić information content (AvgIpc) is 2.26. The molecule has 0 spiro atoms. The summed E-state index contributed by atoms with van der Waals surface area (Å²) >= 11 is 0. The van der Waals surface area contributed by atoms with E-state index < -0.39 is 12.8 Å². The Kier molecular flexibility index (Phi) is 5.27. The summed E-state index contributed by atoms with van der Waals surface area (Å²) in [4.78, 5) is 0. The van der Waals surface area contributed by atoms with E-state index in [9.17, 15) is 13.2 Å². The highest BCUT2D eigenvalue weighted by Gasteiger charge is 2.27. The van der Waals surface area contributed by atoms with Gasteiger partial charge in [0.25, 0.3) is 0 Å². The van der Waals surface area contributed by atoms with Crippen LogP contribution in [0.5, 0.6) is 5.75 Å². The third kappa shape index (κ3) is 5.77. The summed E-state index contributed by atoms with van der Waals surface area (Å²) < 4.78 is 45.0. The van der Waals surface area contributed by atoms with Gasteiger partial charge < -0.3 is 15.2 Å². The van der Waals surface area contributed by atoms with Crippen LogP contribution < -0.4 is 10.5 Å². The van der Waals surface area contributed by atoms with Gasteiger partial charge in [-0.3, -0.25) is 0 Å². The monoisotopic (exact) mass is 263 g/mol. The number of anilines is 1. The van der Waals surface area contributed by atoms with Crippen molar-refractivity contribution in [3.05, 3.63) is 23.8 Å². The Balaban J connectivity index is 2.16. The van der Waals surface area contributed by atoms with Crippen LogP contribution in [0.4, 0.5) is 18.9 Å². The molecule has 18 heavy (non-hydrogen) atoms. The lowest BCUT2D eigenvalue weighted by atomic mass is 10.2. The predicted molar refractivity (Wildman–Crippen MR) is 62.6 cm³/mol. The first kappa shape index (κ1) is 14.6. The topological polar surface area (TPSA) is 44.5 Å². The van der Waals surface area contributed by atoms with E-state index in [2.05, 4.69) is 4.74 Å². The van der Waals surface area contributed by atoms with Crippen molar-refractivity contribution in [1.82, 2.24) is 0 Å². The fourth-order valence-corrected chi connectivity index (χ4v) is 1.25. The van der Waals surface area contributed by atoms with E-state index in [1.807, 2.05) is 13.0 Å². The van der Waals surface area contributed by atoms with Crippen LogP contribution in [-0.4, -0.2) is 26.0 Å². The normalized spacial score (nSPS) is 11.6. The lowest BCUT2D eigenvalue weighted by Gasteiger charge is -2.09. The molecule has 1 aromatic carbocycles. The van der Waals surface area contributed by atoms with Gasteiger partial charge in [0.05, 0.1) is 13.2 Å². The van der Waals surface area contributed by atoms with E-state index in [1.54, 1.807) is 12.1 Å². The number of rotatable bonds is 6. The van der Waals surface area contributed by atoms with Gasteiger partial charge in [0, 0.05) is 18.2 Å². The minimum Gasteiger partial charge on any atom is -0.493 e.